The van der Waals surface area contributed by atoms with Crippen LogP contribution in [0.15, 0.2) is 29.2 Å². The molecule has 3 heteroatoms. The smallest absolute Gasteiger partial charge is 0.0234 e. The van der Waals surface area contributed by atoms with Crippen LogP contribution in [0.4, 0.5) is 0 Å². The summed E-state index contributed by atoms with van der Waals surface area (Å²) in [5.74, 6) is 0. The molecule has 0 aromatic heterocycles. The third-order valence-corrected chi connectivity index (χ3v) is 4.40. The Morgan fingerprint density at radius 1 is 1.33 bits per heavy atom. The van der Waals surface area contributed by atoms with Gasteiger partial charge >= 0.3 is 0 Å². The van der Waals surface area contributed by atoms with Gasteiger partial charge in [-0.1, -0.05) is 19.1 Å². The van der Waals surface area contributed by atoms with Crippen LogP contribution < -0.4 is 5.32 Å². The number of thioether (sulfide) groups is 1. The van der Waals surface area contributed by atoms with Gasteiger partial charge in [-0.3, -0.25) is 4.90 Å². The predicted octanol–water partition coefficient (Wildman–Crippen LogP) is 2.98. The monoisotopic (exact) mass is 264 g/mol. The maximum absolute atomic E-state index is 3.58. The molecule has 1 aliphatic rings. The summed E-state index contributed by atoms with van der Waals surface area (Å²) >= 11 is 1.80. The molecule has 0 saturated carbocycles. The lowest BCUT2D eigenvalue weighted by atomic mass is 10.1. The van der Waals surface area contributed by atoms with Gasteiger partial charge in [0.2, 0.25) is 0 Å². The number of rotatable bonds is 6. The SMILES string of the molecule is CCN(Cc1ccc(SC)cc1)CC1CCCN1. The lowest BCUT2D eigenvalue weighted by Crippen LogP contribution is -2.37. The molecule has 1 aromatic rings. The van der Waals surface area contributed by atoms with E-state index in [2.05, 4.69) is 47.7 Å². The van der Waals surface area contributed by atoms with Crippen LogP contribution in [0.5, 0.6) is 0 Å². The average molecular weight is 264 g/mol. The molecule has 1 atom stereocenters. The molecule has 2 nitrogen and oxygen atoms in total. The molecular weight excluding hydrogens is 240 g/mol. The normalized spacial score (nSPS) is 19.6. The van der Waals surface area contributed by atoms with Crippen molar-refractivity contribution in [1.29, 1.82) is 0 Å². The Hall–Kier alpha value is -0.510. The zero-order valence-electron chi connectivity index (χ0n) is 11.5. The van der Waals surface area contributed by atoms with Crippen molar-refractivity contribution in [2.75, 3.05) is 25.9 Å². The molecule has 1 aliphatic heterocycles. The molecule has 1 aromatic carbocycles. The number of hydrogen-bond donors (Lipinski definition) is 1. The van der Waals surface area contributed by atoms with E-state index in [-0.39, 0.29) is 0 Å². The van der Waals surface area contributed by atoms with Crippen molar-refractivity contribution >= 4 is 11.8 Å². The fourth-order valence-corrected chi connectivity index (χ4v) is 2.93. The van der Waals surface area contributed by atoms with E-state index in [0.29, 0.717) is 6.04 Å². The summed E-state index contributed by atoms with van der Waals surface area (Å²) in [5.41, 5.74) is 1.42. The van der Waals surface area contributed by atoms with Gasteiger partial charge in [0.25, 0.3) is 0 Å². The van der Waals surface area contributed by atoms with E-state index < -0.39 is 0 Å². The van der Waals surface area contributed by atoms with Crippen molar-refractivity contribution in [3.8, 4) is 0 Å². The van der Waals surface area contributed by atoms with E-state index in [1.54, 1.807) is 11.8 Å². The van der Waals surface area contributed by atoms with Crippen molar-refractivity contribution in [3.63, 3.8) is 0 Å². The van der Waals surface area contributed by atoms with Gasteiger partial charge in [-0.15, -0.1) is 11.8 Å². The Labute approximate surface area is 115 Å². The van der Waals surface area contributed by atoms with Gasteiger partial charge in [0.15, 0.2) is 0 Å². The fraction of sp³-hybridized carbons (Fsp3) is 0.600. The quantitative estimate of drug-likeness (QED) is 0.795. The number of nitrogens with one attached hydrogen (secondary N) is 1. The molecule has 1 fully saturated rings. The maximum Gasteiger partial charge on any atom is 0.0234 e. The molecule has 1 saturated heterocycles. The highest BCUT2D eigenvalue weighted by molar-refractivity contribution is 7.98. The molecule has 2 rings (SSSR count). The second kappa shape index (κ2) is 7.17. The van der Waals surface area contributed by atoms with E-state index in [9.17, 15) is 0 Å². The maximum atomic E-state index is 3.58. The first-order valence-electron chi connectivity index (χ1n) is 6.90. The van der Waals surface area contributed by atoms with Crippen LogP contribution in [0.25, 0.3) is 0 Å². The van der Waals surface area contributed by atoms with E-state index >= 15 is 0 Å². The van der Waals surface area contributed by atoms with Crippen LogP contribution in [0.1, 0.15) is 25.3 Å². The Bertz CT molecular complexity index is 344. The van der Waals surface area contributed by atoms with E-state index in [1.807, 2.05) is 0 Å². The average Bonchev–Trinajstić information content (AvgIpc) is 2.91. The molecule has 100 valence electrons. The Morgan fingerprint density at radius 3 is 2.67 bits per heavy atom. The zero-order chi connectivity index (χ0) is 12.8. The summed E-state index contributed by atoms with van der Waals surface area (Å²) in [6.07, 6.45) is 4.80. The number of benzene rings is 1. The van der Waals surface area contributed by atoms with Crippen molar-refractivity contribution in [2.45, 2.75) is 37.2 Å². The van der Waals surface area contributed by atoms with Gasteiger partial charge in [-0.25, -0.2) is 0 Å². The summed E-state index contributed by atoms with van der Waals surface area (Å²) in [6.45, 7) is 6.84. The van der Waals surface area contributed by atoms with Crippen LogP contribution in [-0.2, 0) is 6.54 Å². The minimum absolute atomic E-state index is 0.704. The van der Waals surface area contributed by atoms with E-state index in [1.165, 1.54) is 36.4 Å². The van der Waals surface area contributed by atoms with Crippen LogP contribution in [-0.4, -0.2) is 36.8 Å². The van der Waals surface area contributed by atoms with Gasteiger partial charge in [0, 0.05) is 24.0 Å². The molecule has 0 aliphatic carbocycles. The van der Waals surface area contributed by atoms with Gasteiger partial charge in [-0.05, 0) is 49.9 Å². The standard InChI is InChI=1S/C15H24N2S/c1-3-17(12-14-5-4-10-16-14)11-13-6-8-15(18-2)9-7-13/h6-9,14,16H,3-5,10-12H2,1-2H3. The topological polar surface area (TPSA) is 15.3 Å². The predicted molar refractivity (Wildman–Crippen MR) is 80.2 cm³/mol. The Morgan fingerprint density at radius 2 is 2.11 bits per heavy atom. The first-order chi connectivity index (χ1) is 8.81. The summed E-state index contributed by atoms with van der Waals surface area (Å²) in [7, 11) is 0. The molecule has 0 spiro atoms. The summed E-state index contributed by atoms with van der Waals surface area (Å²) in [4.78, 5) is 3.89. The largest absolute Gasteiger partial charge is 0.313 e. The number of hydrogen-bond acceptors (Lipinski definition) is 3. The van der Waals surface area contributed by atoms with Crippen molar-refractivity contribution in [3.05, 3.63) is 29.8 Å². The molecular formula is C15H24N2S. The number of nitrogens with zero attached hydrogens (tertiary/aromatic N) is 1. The molecule has 0 radical (unpaired) electrons. The van der Waals surface area contributed by atoms with Gasteiger partial charge in [0.05, 0.1) is 0 Å². The minimum Gasteiger partial charge on any atom is -0.313 e. The zero-order valence-corrected chi connectivity index (χ0v) is 12.3. The molecule has 1 heterocycles. The molecule has 1 unspecified atom stereocenters. The second-order valence-electron chi connectivity index (χ2n) is 4.97. The van der Waals surface area contributed by atoms with Crippen molar-refractivity contribution < 1.29 is 0 Å². The van der Waals surface area contributed by atoms with Crippen LogP contribution in [0.3, 0.4) is 0 Å². The van der Waals surface area contributed by atoms with Crippen LogP contribution >= 0.6 is 11.8 Å². The first kappa shape index (κ1) is 13.9. The lowest BCUT2D eigenvalue weighted by molar-refractivity contribution is 0.253. The third-order valence-electron chi connectivity index (χ3n) is 3.65. The Balaban J connectivity index is 1.87. The summed E-state index contributed by atoms with van der Waals surface area (Å²) in [5, 5.41) is 3.58. The van der Waals surface area contributed by atoms with Crippen LogP contribution in [0, 0.1) is 0 Å². The van der Waals surface area contributed by atoms with Crippen molar-refractivity contribution in [2.24, 2.45) is 0 Å². The van der Waals surface area contributed by atoms with E-state index in [4.69, 9.17) is 0 Å². The molecule has 1 N–H and O–H groups in total. The molecule has 18 heavy (non-hydrogen) atoms. The second-order valence-corrected chi connectivity index (χ2v) is 5.85. The first-order valence-corrected chi connectivity index (χ1v) is 8.13. The van der Waals surface area contributed by atoms with Crippen LogP contribution in [0.2, 0.25) is 0 Å². The Kier molecular flexibility index (Phi) is 5.54. The summed E-state index contributed by atoms with van der Waals surface area (Å²) in [6, 6.07) is 9.67. The molecule has 0 amide bonds. The van der Waals surface area contributed by atoms with Crippen molar-refractivity contribution in [1.82, 2.24) is 10.2 Å². The highest BCUT2D eigenvalue weighted by Crippen LogP contribution is 2.16. The minimum atomic E-state index is 0.704. The van der Waals surface area contributed by atoms with Gasteiger partial charge < -0.3 is 5.32 Å². The fourth-order valence-electron chi connectivity index (χ4n) is 2.52. The molecule has 0 bridgehead atoms. The van der Waals surface area contributed by atoms with E-state index in [0.717, 1.165) is 13.1 Å². The number of likely N-dealkylation sites (N-methyl/N-ethyl adjacent to an activating group) is 1. The van der Waals surface area contributed by atoms with Gasteiger partial charge in [0.1, 0.15) is 0 Å². The highest BCUT2D eigenvalue weighted by atomic mass is 32.2. The highest BCUT2D eigenvalue weighted by Gasteiger charge is 2.16. The third kappa shape index (κ3) is 4.01. The van der Waals surface area contributed by atoms with Gasteiger partial charge in [-0.2, -0.15) is 0 Å². The lowest BCUT2D eigenvalue weighted by Gasteiger charge is -2.24. The summed E-state index contributed by atoms with van der Waals surface area (Å²) < 4.78 is 0.